The van der Waals surface area contributed by atoms with Crippen LogP contribution in [-0.4, -0.2) is 15.7 Å². The van der Waals surface area contributed by atoms with Crippen molar-refractivity contribution in [2.45, 2.75) is 33.2 Å². The van der Waals surface area contributed by atoms with E-state index in [9.17, 15) is 4.79 Å². The molecule has 0 aliphatic heterocycles. The van der Waals surface area contributed by atoms with Crippen LogP contribution in [0, 0.1) is 6.92 Å². The Hall–Kier alpha value is -2.88. The van der Waals surface area contributed by atoms with E-state index in [0.717, 1.165) is 23.4 Å². The molecular formula is C21H23N3O. The fraction of sp³-hybridized carbons (Fsp3) is 0.238. The smallest absolute Gasteiger partial charge is 0.255 e. The van der Waals surface area contributed by atoms with Crippen molar-refractivity contribution in [3.05, 3.63) is 83.2 Å². The maximum atomic E-state index is 12.8. The van der Waals surface area contributed by atoms with Crippen molar-refractivity contribution in [1.82, 2.24) is 15.1 Å². The third-order valence-corrected chi connectivity index (χ3v) is 4.37. The standard InChI is InChI=1S/C21H23N3O/c1-4-20-19(14-22-24(20)18-8-6-5-7-9-18)21(25)23-16(3)17-12-10-15(2)11-13-17/h5-14,16H,4H2,1-3H3,(H,23,25). The summed E-state index contributed by atoms with van der Waals surface area (Å²) in [6, 6.07) is 18.0. The summed E-state index contributed by atoms with van der Waals surface area (Å²) in [6.45, 7) is 6.09. The molecule has 3 rings (SSSR count). The van der Waals surface area contributed by atoms with Crippen LogP contribution in [0.3, 0.4) is 0 Å². The number of hydrogen-bond donors (Lipinski definition) is 1. The molecule has 1 N–H and O–H groups in total. The van der Waals surface area contributed by atoms with Crippen LogP contribution in [0.15, 0.2) is 60.8 Å². The van der Waals surface area contributed by atoms with Crippen molar-refractivity contribution in [2.24, 2.45) is 0 Å². The van der Waals surface area contributed by atoms with Gasteiger partial charge in [0, 0.05) is 0 Å². The molecule has 1 atom stereocenters. The molecule has 1 aromatic heterocycles. The van der Waals surface area contributed by atoms with Gasteiger partial charge in [0.15, 0.2) is 0 Å². The van der Waals surface area contributed by atoms with Gasteiger partial charge in [0.2, 0.25) is 0 Å². The van der Waals surface area contributed by atoms with E-state index >= 15 is 0 Å². The Morgan fingerprint density at radius 2 is 1.80 bits per heavy atom. The molecular weight excluding hydrogens is 310 g/mol. The van der Waals surface area contributed by atoms with Gasteiger partial charge in [-0.1, -0.05) is 55.0 Å². The number of rotatable bonds is 5. The average molecular weight is 333 g/mol. The lowest BCUT2D eigenvalue weighted by Crippen LogP contribution is -2.27. The van der Waals surface area contributed by atoms with Gasteiger partial charge >= 0.3 is 0 Å². The predicted octanol–water partition coefficient (Wildman–Crippen LogP) is 4.23. The second kappa shape index (κ2) is 7.34. The van der Waals surface area contributed by atoms with Crippen LogP contribution in [0.1, 0.15) is 47.1 Å². The number of hydrogen-bond acceptors (Lipinski definition) is 2. The quantitative estimate of drug-likeness (QED) is 0.759. The number of benzene rings is 2. The number of carbonyl (C=O) groups is 1. The van der Waals surface area contributed by atoms with Crippen LogP contribution in [0.2, 0.25) is 0 Å². The number of carbonyl (C=O) groups excluding carboxylic acids is 1. The second-order valence-corrected chi connectivity index (χ2v) is 6.21. The van der Waals surface area contributed by atoms with Gasteiger partial charge in [0.1, 0.15) is 0 Å². The molecule has 0 aliphatic rings. The van der Waals surface area contributed by atoms with Crippen LogP contribution in [0.4, 0.5) is 0 Å². The highest BCUT2D eigenvalue weighted by Gasteiger charge is 2.19. The summed E-state index contributed by atoms with van der Waals surface area (Å²) in [4.78, 5) is 12.8. The van der Waals surface area contributed by atoms with Gasteiger partial charge in [-0.3, -0.25) is 4.79 Å². The van der Waals surface area contributed by atoms with Gasteiger partial charge in [-0.05, 0) is 38.0 Å². The molecule has 0 radical (unpaired) electrons. The van der Waals surface area contributed by atoms with Crippen LogP contribution in [0.25, 0.3) is 5.69 Å². The summed E-state index contributed by atoms with van der Waals surface area (Å²) in [5.41, 5.74) is 4.81. The highest BCUT2D eigenvalue weighted by molar-refractivity contribution is 5.95. The highest BCUT2D eigenvalue weighted by Crippen LogP contribution is 2.18. The molecule has 0 aliphatic carbocycles. The number of aryl methyl sites for hydroxylation is 1. The van der Waals surface area contributed by atoms with E-state index in [4.69, 9.17) is 0 Å². The fourth-order valence-corrected chi connectivity index (χ4v) is 2.91. The van der Waals surface area contributed by atoms with Crippen molar-refractivity contribution in [3.8, 4) is 5.69 Å². The van der Waals surface area contributed by atoms with Gasteiger partial charge in [-0.15, -0.1) is 0 Å². The molecule has 4 nitrogen and oxygen atoms in total. The summed E-state index contributed by atoms with van der Waals surface area (Å²) in [7, 11) is 0. The Labute approximate surface area is 148 Å². The molecule has 0 bridgehead atoms. The molecule has 1 amide bonds. The summed E-state index contributed by atoms with van der Waals surface area (Å²) in [6.07, 6.45) is 2.39. The third-order valence-electron chi connectivity index (χ3n) is 4.37. The minimum atomic E-state index is -0.0906. The lowest BCUT2D eigenvalue weighted by atomic mass is 10.1. The van der Waals surface area contributed by atoms with E-state index in [2.05, 4.69) is 41.6 Å². The maximum Gasteiger partial charge on any atom is 0.255 e. The molecule has 0 fully saturated rings. The number of amides is 1. The van der Waals surface area contributed by atoms with Crippen LogP contribution in [0.5, 0.6) is 0 Å². The lowest BCUT2D eigenvalue weighted by molar-refractivity contribution is 0.0939. The van der Waals surface area contributed by atoms with Gasteiger partial charge in [-0.25, -0.2) is 4.68 Å². The first-order valence-corrected chi connectivity index (χ1v) is 8.60. The van der Waals surface area contributed by atoms with Crippen LogP contribution >= 0.6 is 0 Å². The molecule has 0 saturated heterocycles. The maximum absolute atomic E-state index is 12.8. The average Bonchev–Trinajstić information content (AvgIpc) is 3.07. The second-order valence-electron chi connectivity index (χ2n) is 6.21. The zero-order valence-electron chi connectivity index (χ0n) is 14.9. The molecule has 0 saturated carbocycles. The molecule has 3 aromatic rings. The molecule has 0 spiro atoms. The SMILES string of the molecule is CCc1c(C(=O)NC(C)c2ccc(C)cc2)cnn1-c1ccccc1. The van der Waals surface area contributed by atoms with Crippen LogP contribution < -0.4 is 5.32 Å². The molecule has 2 aromatic carbocycles. The third kappa shape index (κ3) is 3.63. The summed E-state index contributed by atoms with van der Waals surface area (Å²) >= 11 is 0. The van der Waals surface area contributed by atoms with Crippen molar-refractivity contribution in [1.29, 1.82) is 0 Å². The Morgan fingerprint density at radius 3 is 2.44 bits per heavy atom. The minimum Gasteiger partial charge on any atom is -0.345 e. The van der Waals surface area contributed by atoms with Crippen molar-refractivity contribution >= 4 is 5.91 Å². The van der Waals surface area contributed by atoms with Gasteiger partial charge in [-0.2, -0.15) is 5.10 Å². The number of para-hydroxylation sites is 1. The number of aromatic nitrogens is 2. The first-order chi connectivity index (χ1) is 12.1. The fourth-order valence-electron chi connectivity index (χ4n) is 2.91. The zero-order chi connectivity index (χ0) is 17.8. The Morgan fingerprint density at radius 1 is 1.12 bits per heavy atom. The Bertz CT molecular complexity index is 851. The largest absolute Gasteiger partial charge is 0.345 e. The molecule has 1 heterocycles. The zero-order valence-corrected chi connectivity index (χ0v) is 14.9. The van der Waals surface area contributed by atoms with E-state index < -0.39 is 0 Å². The normalized spacial score (nSPS) is 12.0. The highest BCUT2D eigenvalue weighted by atomic mass is 16.1. The molecule has 25 heavy (non-hydrogen) atoms. The van der Waals surface area contributed by atoms with Crippen molar-refractivity contribution in [2.75, 3.05) is 0 Å². The number of nitrogens with one attached hydrogen (secondary N) is 1. The van der Waals surface area contributed by atoms with E-state index in [-0.39, 0.29) is 11.9 Å². The first-order valence-electron chi connectivity index (χ1n) is 8.60. The van der Waals surface area contributed by atoms with Crippen molar-refractivity contribution < 1.29 is 4.79 Å². The predicted molar refractivity (Wildman–Crippen MR) is 100 cm³/mol. The first kappa shape index (κ1) is 17.0. The van der Waals surface area contributed by atoms with E-state index in [0.29, 0.717) is 5.56 Å². The monoisotopic (exact) mass is 333 g/mol. The summed E-state index contributed by atoms with van der Waals surface area (Å²) in [5, 5.41) is 7.50. The van der Waals surface area contributed by atoms with Crippen LogP contribution in [-0.2, 0) is 6.42 Å². The van der Waals surface area contributed by atoms with E-state index in [1.807, 2.05) is 48.9 Å². The Kier molecular flexibility index (Phi) is 4.98. The minimum absolute atomic E-state index is 0.0575. The topological polar surface area (TPSA) is 46.9 Å². The molecule has 1 unspecified atom stereocenters. The summed E-state index contributed by atoms with van der Waals surface area (Å²) < 4.78 is 1.84. The van der Waals surface area contributed by atoms with Gasteiger partial charge in [0.25, 0.3) is 5.91 Å². The molecule has 4 heteroatoms. The lowest BCUT2D eigenvalue weighted by Gasteiger charge is -2.15. The Balaban J connectivity index is 1.83. The van der Waals surface area contributed by atoms with Crippen molar-refractivity contribution in [3.63, 3.8) is 0 Å². The molecule has 128 valence electrons. The van der Waals surface area contributed by atoms with E-state index in [1.54, 1.807) is 6.20 Å². The van der Waals surface area contributed by atoms with E-state index in [1.165, 1.54) is 5.56 Å². The van der Waals surface area contributed by atoms with Gasteiger partial charge < -0.3 is 5.32 Å². The van der Waals surface area contributed by atoms with Gasteiger partial charge in [0.05, 0.1) is 29.2 Å². The summed E-state index contributed by atoms with van der Waals surface area (Å²) in [5.74, 6) is -0.0906. The number of nitrogens with zero attached hydrogens (tertiary/aromatic N) is 2.